The van der Waals surface area contributed by atoms with Gasteiger partial charge in [-0.3, -0.25) is 9.59 Å². The van der Waals surface area contributed by atoms with Gasteiger partial charge in [0.1, 0.15) is 16.0 Å². The van der Waals surface area contributed by atoms with Crippen LogP contribution in [0, 0.1) is 0 Å². The number of hydrogen-bond donors (Lipinski definition) is 1. The van der Waals surface area contributed by atoms with Gasteiger partial charge in [0.2, 0.25) is 5.95 Å². The molecule has 8 rings (SSSR count). The number of nitrogens with one attached hydrogen (secondary N) is 1. The van der Waals surface area contributed by atoms with Gasteiger partial charge in [0.15, 0.2) is 12.3 Å². The normalized spacial score (nSPS) is 17.3. The Bertz CT molecular complexity index is 2200. The summed E-state index contributed by atoms with van der Waals surface area (Å²) >= 11 is 1.44. The van der Waals surface area contributed by atoms with Crippen LogP contribution >= 0.6 is 11.3 Å². The fourth-order valence-electron chi connectivity index (χ4n) is 6.71. The number of thiophene rings is 1. The molecular formula is C35H36N8O5S. The minimum atomic E-state index is -0.314. The second-order valence-corrected chi connectivity index (χ2v) is 13.4. The number of hydrogen-bond acceptors (Lipinski definition) is 11. The topological polar surface area (TPSA) is 127 Å². The van der Waals surface area contributed by atoms with Crippen molar-refractivity contribution >= 4 is 67.3 Å². The summed E-state index contributed by atoms with van der Waals surface area (Å²) in [4.78, 5) is 56.0. The van der Waals surface area contributed by atoms with E-state index in [-0.39, 0.29) is 24.0 Å². The maximum atomic E-state index is 13.7. The van der Waals surface area contributed by atoms with Gasteiger partial charge >= 0.3 is 5.97 Å². The average Bonchev–Trinajstić information content (AvgIpc) is 3.61. The quantitative estimate of drug-likeness (QED) is 0.209. The van der Waals surface area contributed by atoms with E-state index in [1.54, 1.807) is 20.5 Å². The molecule has 0 aliphatic carbocycles. The first kappa shape index (κ1) is 31.1. The Kier molecular flexibility index (Phi) is 8.04. The van der Waals surface area contributed by atoms with Crippen LogP contribution in [0.2, 0.25) is 0 Å². The maximum absolute atomic E-state index is 13.7. The molecular weight excluding hydrogens is 645 g/mol. The van der Waals surface area contributed by atoms with Gasteiger partial charge in [-0.25, -0.2) is 19.1 Å². The molecule has 1 amide bonds. The molecule has 3 aliphatic heterocycles. The molecule has 2 bridgehead atoms. The number of allylic oxidation sites excluding steroid dienone is 2. The van der Waals surface area contributed by atoms with E-state index in [1.165, 1.54) is 11.3 Å². The molecule has 0 unspecified atom stereocenters. The molecule has 0 spiro atoms. The number of rotatable bonds is 5. The highest BCUT2D eigenvalue weighted by molar-refractivity contribution is 7.21. The van der Waals surface area contributed by atoms with Crippen LogP contribution < -0.4 is 25.4 Å². The number of esters is 1. The van der Waals surface area contributed by atoms with Gasteiger partial charge in [0.05, 0.1) is 30.2 Å². The van der Waals surface area contributed by atoms with Crippen molar-refractivity contribution in [3.63, 3.8) is 0 Å². The van der Waals surface area contributed by atoms with Gasteiger partial charge in [0, 0.05) is 54.7 Å². The molecule has 6 heterocycles. The van der Waals surface area contributed by atoms with Crippen LogP contribution in [-0.4, -0.2) is 89.1 Å². The van der Waals surface area contributed by atoms with E-state index < -0.39 is 0 Å². The van der Waals surface area contributed by atoms with E-state index >= 15 is 0 Å². The SMILES string of the molecule is CCOC(=O)c1sc2ccc(Nc3ncc4c(=O)n5n(c4n3)-c3ccc4c(c3)N(CCC/C=C\C5)C(=O)CO4)cc2c1N1CCN(C)CC1. The van der Waals surface area contributed by atoms with Crippen molar-refractivity contribution in [2.45, 2.75) is 26.3 Å². The zero-order valence-electron chi connectivity index (χ0n) is 27.3. The Morgan fingerprint density at radius 3 is 2.73 bits per heavy atom. The van der Waals surface area contributed by atoms with Crippen molar-refractivity contribution in [1.29, 1.82) is 0 Å². The molecule has 252 valence electrons. The number of anilines is 4. The lowest BCUT2D eigenvalue weighted by Crippen LogP contribution is -2.44. The molecule has 1 saturated heterocycles. The first-order valence-corrected chi connectivity index (χ1v) is 17.4. The third-order valence-corrected chi connectivity index (χ3v) is 10.3. The summed E-state index contributed by atoms with van der Waals surface area (Å²) in [6.07, 6.45) is 7.13. The zero-order valence-corrected chi connectivity index (χ0v) is 28.2. The Morgan fingerprint density at radius 1 is 1.04 bits per heavy atom. The van der Waals surface area contributed by atoms with Crippen LogP contribution in [-0.2, 0) is 16.1 Å². The van der Waals surface area contributed by atoms with Crippen LogP contribution in [0.4, 0.5) is 23.0 Å². The molecule has 13 nitrogen and oxygen atoms in total. The third-order valence-electron chi connectivity index (χ3n) is 9.20. The summed E-state index contributed by atoms with van der Waals surface area (Å²) in [6, 6.07) is 11.5. The second kappa shape index (κ2) is 12.7. The molecule has 3 aromatic heterocycles. The largest absolute Gasteiger partial charge is 0.482 e. The number of likely N-dealkylation sites (N-methyl/N-ethyl adjacent to an activating group) is 1. The Morgan fingerprint density at radius 2 is 1.90 bits per heavy atom. The van der Waals surface area contributed by atoms with E-state index in [1.807, 2.05) is 55.5 Å². The number of carbonyl (C=O) groups excluding carboxylic acids is 2. The van der Waals surface area contributed by atoms with Crippen molar-refractivity contribution in [2.75, 3.05) is 68.1 Å². The van der Waals surface area contributed by atoms with Crippen LogP contribution in [0.15, 0.2) is 59.5 Å². The highest BCUT2D eigenvalue weighted by Gasteiger charge is 2.28. The van der Waals surface area contributed by atoms with Crippen molar-refractivity contribution in [1.82, 2.24) is 24.2 Å². The Labute approximate surface area is 285 Å². The first-order chi connectivity index (χ1) is 23.9. The summed E-state index contributed by atoms with van der Waals surface area (Å²) in [5.74, 6) is 0.533. The Balaban J connectivity index is 1.21. The second-order valence-electron chi connectivity index (χ2n) is 12.4. The molecule has 0 saturated carbocycles. The number of ether oxygens (including phenoxy) is 2. The molecule has 5 aromatic rings. The number of carbonyl (C=O) groups is 2. The van der Waals surface area contributed by atoms with Gasteiger partial charge in [-0.05, 0) is 63.2 Å². The van der Waals surface area contributed by atoms with Gasteiger partial charge < -0.3 is 29.5 Å². The fourth-order valence-corrected chi connectivity index (χ4v) is 7.81. The number of nitrogens with zero attached hydrogens (tertiary/aromatic N) is 7. The fraction of sp³-hybridized carbons (Fsp3) is 0.343. The summed E-state index contributed by atoms with van der Waals surface area (Å²) in [7, 11) is 2.10. The minimum absolute atomic E-state index is 0.000221. The summed E-state index contributed by atoms with van der Waals surface area (Å²) in [5, 5.41) is 4.68. The maximum Gasteiger partial charge on any atom is 0.350 e. The van der Waals surface area contributed by atoms with E-state index in [9.17, 15) is 14.4 Å². The van der Waals surface area contributed by atoms with Gasteiger partial charge in [-0.15, -0.1) is 11.3 Å². The van der Waals surface area contributed by atoms with Crippen LogP contribution in [0.3, 0.4) is 0 Å². The van der Waals surface area contributed by atoms with Gasteiger partial charge in [0.25, 0.3) is 11.5 Å². The highest BCUT2D eigenvalue weighted by atomic mass is 32.1. The predicted molar refractivity (Wildman–Crippen MR) is 190 cm³/mol. The van der Waals surface area contributed by atoms with Crippen molar-refractivity contribution < 1.29 is 19.1 Å². The van der Waals surface area contributed by atoms with Crippen molar-refractivity contribution in [2.24, 2.45) is 0 Å². The lowest BCUT2D eigenvalue weighted by atomic mass is 10.1. The van der Waals surface area contributed by atoms with Crippen molar-refractivity contribution in [3.05, 3.63) is 70.0 Å². The number of benzene rings is 2. The lowest BCUT2D eigenvalue weighted by molar-refractivity contribution is -0.121. The summed E-state index contributed by atoms with van der Waals surface area (Å²) in [5.41, 5.74) is 3.20. The molecule has 49 heavy (non-hydrogen) atoms. The Hall–Kier alpha value is -5.21. The van der Waals surface area contributed by atoms with Crippen molar-refractivity contribution in [3.8, 4) is 11.4 Å². The van der Waals surface area contributed by atoms with Gasteiger partial charge in [-0.2, -0.15) is 4.98 Å². The molecule has 3 aliphatic rings. The highest BCUT2D eigenvalue weighted by Crippen LogP contribution is 2.41. The number of fused-ring (bicyclic) bond motifs is 6. The van der Waals surface area contributed by atoms with E-state index in [2.05, 4.69) is 27.1 Å². The number of aromatic nitrogens is 4. The van der Waals surface area contributed by atoms with E-state index in [0.717, 1.165) is 60.5 Å². The molecule has 2 aromatic carbocycles. The molecule has 1 N–H and O–H groups in total. The zero-order chi connectivity index (χ0) is 33.6. The molecule has 0 atom stereocenters. The number of amides is 1. The summed E-state index contributed by atoms with van der Waals surface area (Å²) < 4.78 is 15.6. The van der Waals surface area contributed by atoms with Crippen LogP contribution in [0.5, 0.6) is 5.75 Å². The molecule has 14 heteroatoms. The predicted octanol–water partition coefficient (Wildman–Crippen LogP) is 4.54. The van der Waals surface area contributed by atoms with E-state index in [0.29, 0.717) is 58.7 Å². The molecule has 1 fully saturated rings. The van der Waals surface area contributed by atoms with E-state index in [4.69, 9.17) is 14.5 Å². The summed E-state index contributed by atoms with van der Waals surface area (Å²) in [6.45, 7) is 6.44. The van der Waals surface area contributed by atoms with Crippen LogP contribution in [0.25, 0.3) is 26.8 Å². The standard InChI is InChI=1S/C35H36N8O5S/c1-3-47-34(46)31-30(40-16-14-39(2)15-17-40)24-18-22(8-11-28(24)49-31)37-35-36-20-25-32(38-35)43-23-9-10-27-26(19-23)41(29(44)21-48-27)12-6-4-5-7-13-42(43)33(25)45/h5,7-11,18-20H,3-4,6,12-17,21H2,1-2H3,(H,36,37,38)/b7-5-. The lowest BCUT2D eigenvalue weighted by Gasteiger charge is -2.34. The minimum Gasteiger partial charge on any atom is -0.482 e. The van der Waals surface area contributed by atoms with Gasteiger partial charge in [-0.1, -0.05) is 12.2 Å². The van der Waals surface area contributed by atoms with Crippen LogP contribution in [0.1, 0.15) is 29.4 Å². The monoisotopic (exact) mass is 680 g/mol. The number of piperazine rings is 1. The first-order valence-electron chi connectivity index (χ1n) is 16.5. The average molecular weight is 681 g/mol. The third kappa shape index (κ3) is 5.60. The molecule has 0 radical (unpaired) electrons. The smallest absolute Gasteiger partial charge is 0.350 e.